The second kappa shape index (κ2) is 9.94. The number of rotatable bonds is 8. The van der Waals surface area contributed by atoms with Crippen molar-refractivity contribution in [1.82, 2.24) is 14.5 Å². The van der Waals surface area contributed by atoms with Crippen LogP contribution >= 0.6 is 0 Å². The van der Waals surface area contributed by atoms with Crippen LogP contribution in [0.3, 0.4) is 0 Å². The van der Waals surface area contributed by atoms with E-state index in [-0.39, 0.29) is 36.3 Å². The van der Waals surface area contributed by atoms with Gasteiger partial charge in [0.25, 0.3) is 0 Å². The summed E-state index contributed by atoms with van der Waals surface area (Å²) in [6.45, 7) is 1.86. The highest BCUT2D eigenvalue weighted by Gasteiger charge is 2.29. The van der Waals surface area contributed by atoms with Crippen molar-refractivity contribution in [2.45, 2.75) is 38.8 Å². The minimum atomic E-state index is -0.992. The van der Waals surface area contributed by atoms with Gasteiger partial charge in [-0.15, -0.1) is 0 Å². The normalized spacial score (nSPS) is 13.1. The standard InChI is InChI=1S/C31H25F2N3O3/c1-18-5-6-22(24(32)13-18)17-39-30-4-2-3-26(35-30)20-8-7-19(25(33)14-20)16-29-34-27-12-9-21(31(37)38)15-28(27)36(29)23-10-11-23/h2-9,12-15,23H,10-11,16-17H2,1H3,(H,37,38). The third kappa shape index (κ3) is 5.10. The molecule has 39 heavy (non-hydrogen) atoms. The fourth-order valence-corrected chi connectivity index (χ4v) is 4.74. The summed E-state index contributed by atoms with van der Waals surface area (Å²) in [6, 6.07) is 20.3. The third-order valence-electron chi connectivity index (χ3n) is 6.93. The lowest BCUT2D eigenvalue weighted by Crippen LogP contribution is -2.05. The molecule has 0 bridgehead atoms. The average molecular weight is 526 g/mol. The van der Waals surface area contributed by atoms with E-state index in [0.29, 0.717) is 39.6 Å². The van der Waals surface area contributed by atoms with Gasteiger partial charge >= 0.3 is 5.97 Å². The third-order valence-corrected chi connectivity index (χ3v) is 6.93. The van der Waals surface area contributed by atoms with Crippen molar-refractivity contribution in [1.29, 1.82) is 0 Å². The molecule has 2 heterocycles. The second-order valence-corrected chi connectivity index (χ2v) is 9.87. The maximum absolute atomic E-state index is 15.3. The van der Waals surface area contributed by atoms with Crippen molar-refractivity contribution in [3.05, 3.63) is 113 Å². The Morgan fingerprint density at radius 3 is 2.51 bits per heavy atom. The number of imidazole rings is 1. The van der Waals surface area contributed by atoms with E-state index < -0.39 is 5.97 Å². The van der Waals surface area contributed by atoms with Crippen molar-refractivity contribution in [2.75, 3.05) is 0 Å². The lowest BCUT2D eigenvalue weighted by molar-refractivity contribution is 0.0697. The van der Waals surface area contributed by atoms with Gasteiger partial charge in [0.05, 0.1) is 22.3 Å². The minimum absolute atomic E-state index is 0.0336. The number of hydrogen-bond acceptors (Lipinski definition) is 4. The quantitative estimate of drug-likeness (QED) is 0.239. The molecule has 0 spiro atoms. The zero-order chi connectivity index (χ0) is 27.1. The van der Waals surface area contributed by atoms with E-state index in [4.69, 9.17) is 9.72 Å². The van der Waals surface area contributed by atoms with Crippen LogP contribution in [-0.4, -0.2) is 25.6 Å². The number of ether oxygens (including phenoxy) is 1. The van der Waals surface area contributed by atoms with E-state index in [0.717, 1.165) is 23.9 Å². The average Bonchev–Trinajstić information content (AvgIpc) is 3.69. The Kier molecular flexibility index (Phi) is 6.30. The molecule has 0 saturated heterocycles. The van der Waals surface area contributed by atoms with Crippen LogP contribution in [0.4, 0.5) is 8.78 Å². The van der Waals surface area contributed by atoms with Crippen LogP contribution in [-0.2, 0) is 13.0 Å². The van der Waals surface area contributed by atoms with Crippen LogP contribution in [0.2, 0.25) is 0 Å². The molecule has 1 saturated carbocycles. The molecule has 0 amide bonds. The molecule has 0 radical (unpaired) electrons. The van der Waals surface area contributed by atoms with Crippen molar-refractivity contribution >= 4 is 17.0 Å². The number of nitrogens with zero attached hydrogens (tertiary/aromatic N) is 3. The molecule has 5 aromatic rings. The molecule has 0 aliphatic heterocycles. The number of pyridine rings is 1. The molecule has 1 N–H and O–H groups in total. The first kappa shape index (κ1) is 24.7. The Morgan fingerprint density at radius 2 is 1.77 bits per heavy atom. The van der Waals surface area contributed by atoms with Gasteiger partial charge in [0.15, 0.2) is 0 Å². The summed E-state index contributed by atoms with van der Waals surface area (Å²) in [7, 11) is 0. The molecule has 6 rings (SSSR count). The zero-order valence-corrected chi connectivity index (χ0v) is 21.2. The first-order valence-electron chi connectivity index (χ1n) is 12.7. The van der Waals surface area contributed by atoms with Crippen LogP contribution in [0.5, 0.6) is 5.88 Å². The lowest BCUT2D eigenvalue weighted by atomic mass is 10.1. The van der Waals surface area contributed by atoms with E-state index in [1.54, 1.807) is 48.5 Å². The predicted octanol–water partition coefficient (Wildman–Crippen LogP) is 6.89. The van der Waals surface area contributed by atoms with E-state index in [9.17, 15) is 14.3 Å². The smallest absolute Gasteiger partial charge is 0.335 e. The molecule has 2 aromatic heterocycles. The van der Waals surface area contributed by atoms with Crippen LogP contribution < -0.4 is 4.74 Å². The molecule has 8 heteroatoms. The van der Waals surface area contributed by atoms with Crippen molar-refractivity contribution < 1.29 is 23.4 Å². The van der Waals surface area contributed by atoms with Crippen LogP contribution in [0.25, 0.3) is 22.3 Å². The number of aromatic carboxylic acids is 1. The van der Waals surface area contributed by atoms with E-state index >= 15 is 4.39 Å². The van der Waals surface area contributed by atoms with Crippen molar-refractivity contribution in [3.8, 4) is 17.1 Å². The summed E-state index contributed by atoms with van der Waals surface area (Å²) >= 11 is 0. The monoisotopic (exact) mass is 525 g/mol. The Bertz CT molecular complexity index is 1730. The van der Waals surface area contributed by atoms with Crippen molar-refractivity contribution in [3.63, 3.8) is 0 Å². The number of aryl methyl sites for hydroxylation is 1. The van der Waals surface area contributed by atoms with Gasteiger partial charge in [-0.25, -0.2) is 23.5 Å². The maximum atomic E-state index is 15.3. The van der Waals surface area contributed by atoms with E-state index in [1.165, 1.54) is 18.2 Å². The fraction of sp³-hybridized carbons (Fsp3) is 0.194. The molecule has 3 aromatic carbocycles. The van der Waals surface area contributed by atoms with Gasteiger partial charge in [-0.05, 0) is 67.3 Å². The zero-order valence-electron chi connectivity index (χ0n) is 21.2. The van der Waals surface area contributed by atoms with E-state index in [2.05, 4.69) is 4.98 Å². The second-order valence-electron chi connectivity index (χ2n) is 9.87. The molecule has 196 valence electrons. The van der Waals surface area contributed by atoms with Gasteiger partial charge in [-0.3, -0.25) is 0 Å². The number of benzene rings is 3. The highest BCUT2D eigenvalue weighted by Crippen LogP contribution is 2.39. The number of carboxylic acids is 1. The maximum Gasteiger partial charge on any atom is 0.335 e. The summed E-state index contributed by atoms with van der Waals surface area (Å²) in [5, 5.41) is 9.40. The van der Waals surface area contributed by atoms with E-state index in [1.807, 2.05) is 17.6 Å². The van der Waals surface area contributed by atoms with Gasteiger partial charge in [0, 0.05) is 29.7 Å². The summed E-state index contributed by atoms with van der Waals surface area (Å²) < 4.78 is 37.2. The number of aromatic nitrogens is 3. The molecule has 1 fully saturated rings. The van der Waals surface area contributed by atoms with Crippen LogP contribution in [0.15, 0.2) is 72.8 Å². The molecule has 0 atom stereocenters. The first-order chi connectivity index (χ1) is 18.9. The lowest BCUT2D eigenvalue weighted by Gasteiger charge is -2.11. The molecule has 1 aliphatic rings. The fourth-order valence-electron chi connectivity index (χ4n) is 4.74. The van der Waals surface area contributed by atoms with Crippen LogP contribution in [0, 0.1) is 18.6 Å². The number of carboxylic acid groups (broad SMARTS) is 1. The Balaban J connectivity index is 1.23. The summed E-state index contributed by atoms with van der Waals surface area (Å²) in [5.74, 6) is -0.687. The Hall–Kier alpha value is -4.59. The highest BCUT2D eigenvalue weighted by atomic mass is 19.1. The number of halogens is 2. The van der Waals surface area contributed by atoms with Crippen LogP contribution in [0.1, 0.15) is 51.8 Å². The Morgan fingerprint density at radius 1 is 0.974 bits per heavy atom. The SMILES string of the molecule is Cc1ccc(COc2cccc(-c3ccc(Cc4nc5ccc(C(=O)O)cc5n4C4CC4)c(F)c3)n2)c(F)c1. The minimum Gasteiger partial charge on any atom is -0.478 e. The Labute approximate surface area is 223 Å². The summed E-state index contributed by atoms with van der Waals surface area (Å²) in [5.41, 5.74) is 4.53. The van der Waals surface area contributed by atoms with Crippen molar-refractivity contribution in [2.24, 2.45) is 0 Å². The van der Waals surface area contributed by atoms with Gasteiger partial charge in [0.1, 0.15) is 24.1 Å². The van der Waals surface area contributed by atoms with Gasteiger partial charge < -0.3 is 14.4 Å². The van der Waals surface area contributed by atoms with Gasteiger partial charge in [-0.1, -0.05) is 30.3 Å². The summed E-state index contributed by atoms with van der Waals surface area (Å²) in [6.07, 6.45) is 2.24. The predicted molar refractivity (Wildman–Crippen MR) is 143 cm³/mol. The molecular formula is C31H25F2N3O3. The van der Waals surface area contributed by atoms with Gasteiger partial charge in [0.2, 0.25) is 5.88 Å². The number of hydrogen-bond donors (Lipinski definition) is 1. The topological polar surface area (TPSA) is 77.2 Å². The number of fused-ring (bicyclic) bond motifs is 1. The molecular weight excluding hydrogens is 500 g/mol. The summed E-state index contributed by atoms with van der Waals surface area (Å²) in [4.78, 5) is 20.7. The first-order valence-corrected chi connectivity index (χ1v) is 12.7. The highest BCUT2D eigenvalue weighted by molar-refractivity contribution is 5.92. The largest absolute Gasteiger partial charge is 0.478 e. The molecule has 0 unspecified atom stereocenters. The molecule has 6 nitrogen and oxygen atoms in total. The molecule has 1 aliphatic carbocycles. The van der Waals surface area contributed by atoms with Gasteiger partial charge in [-0.2, -0.15) is 0 Å². The number of carbonyl (C=O) groups is 1.